The third kappa shape index (κ3) is 8.75. The van der Waals surface area contributed by atoms with Crippen molar-refractivity contribution in [3.8, 4) is 0 Å². The summed E-state index contributed by atoms with van der Waals surface area (Å²) in [4.78, 5) is 27.8. The second-order valence-corrected chi connectivity index (χ2v) is 9.92. The Hall–Kier alpha value is -4.00. The average molecular weight is 588 g/mol. The van der Waals surface area contributed by atoms with Gasteiger partial charge in [-0.25, -0.2) is 4.39 Å². The predicted octanol–water partition coefficient (Wildman–Crippen LogP) is 4.35. The highest BCUT2D eigenvalue weighted by Gasteiger charge is 2.34. The number of hydrogen-bond donors (Lipinski definition) is 4. The van der Waals surface area contributed by atoms with Crippen molar-refractivity contribution in [2.45, 2.75) is 18.6 Å². The van der Waals surface area contributed by atoms with E-state index in [1.807, 2.05) is 12.2 Å². The van der Waals surface area contributed by atoms with Gasteiger partial charge in [0.1, 0.15) is 11.9 Å². The molecule has 12 heteroatoms. The molecule has 1 fully saturated rings. The minimum absolute atomic E-state index is 0.0863. The van der Waals surface area contributed by atoms with Gasteiger partial charge in [-0.15, -0.1) is 0 Å². The van der Waals surface area contributed by atoms with Gasteiger partial charge in [0.25, 0.3) is 0 Å². The highest BCUT2D eigenvalue weighted by atomic mass is 19.4. The molecular weight excluding hydrogens is 554 g/mol. The Balaban J connectivity index is 1.40. The minimum atomic E-state index is -4.84. The van der Waals surface area contributed by atoms with Crippen molar-refractivity contribution in [2.75, 3.05) is 55.8 Å². The van der Waals surface area contributed by atoms with E-state index in [0.29, 0.717) is 61.8 Å². The van der Waals surface area contributed by atoms with Crippen molar-refractivity contribution in [2.24, 2.45) is 5.92 Å². The first-order valence-corrected chi connectivity index (χ1v) is 13.5. The van der Waals surface area contributed by atoms with Gasteiger partial charge in [0.15, 0.2) is 0 Å². The van der Waals surface area contributed by atoms with E-state index in [1.54, 1.807) is 36.4 Å². The van der Waals surface area contributed by atoms with Crippen LogP contribution in [-0.4, -0.2) is 62.1 Å². The molecule has 5 N–H and O–H groups in total. The van der Waals surface area contributed by atoms with E-state index in [-0.39, 0.29) is 17.5 Å². The molecule has 0 bridgehead atoms. The summed E-state index contributed by atoms with van der Waals surface area (Å²) in [7, 11) is 0. The molecule has 1 heterocycles. The molecule has 2 aromatic rings. The van der Waals surface area contributed by atoms with Gasteiger partial charge in [-0.3, -0.25) is 14.5 Å². The summed E-state index contributed by atoms with van der Waals surface area (Å²) in [6, 6.07) is 8.36. The van der Waals surface area contributed by atoms with Gasteiger partial charge in [-0.05, 0) is 54.3 Å². The number of halogens is 4. The standard InChI is InChI=1S/C30H33F4N5O3/c31-24-19-22(10-11-23(24)30(32,33)34)37-29(41)28(36-13-14-39-15-17-42-18-16-39)21-8-5-20(6-9-21)7-12-27(40)38-26-4-2-1-3-25(26)35/h1-5,7-12,19-20,28,36H,6,13-18,35H2,(H,37,41)(H,38,40)/b12-7+. The van der Waals surface area contributed by atoms with Crippen LogP contribution in [0.5, 0.6) is 0 Å². The molecule has 2 amide bonds. The van der Waals surface area contributed by atoms with E-state index in [9.17, 15) is 27.2 Å². The van der Waals surface area contributed by atoms with Crippen LogP contribution in [0.3, 0.4) is 0 Å². The fourth-order valence-electron chi connectivity index (χ4n) is 4.60. The summed E-state index contributed by atoms with van der Waals surface area (Å²) in [6.07, 6.45) is 4.32. The molecule has 2 aromatic carbocycles. The lowest BCUT2D eigenvalue weighted by Crippen LogP contribution is -2.46. The molecule has 1 saturated heterocycles. The van der Waals surface area contributed by atoms with Crippen LogP contribution in [0.2, 0.25) is 0 Å². The molecule has 4 rings (SSSR count). The summed E-state index contributed by atoms with van der Waals surface area (Å²) < 4.78 is 58.3. The molecule has 1 aliphatic heterocycles. The van der Waals surface area contributed by atoms with Gasteiger partial charge >= 0.3 is 6.18 Å². The van der Waals surface area contributed by atoms with E-state index >= 15 is 0 Å². The monoisotopic (exact) mass is 587 g/mol. The largest absolute Gasteiger partial charge is 0.419 e. The van der Waals surface area contributed by atoms with Crippen LogP contribution in [0, 0.1) is 11.7 Å². The maximum atomic E-state index is 14.1. The molecule has 2 unspecified atom stereocenters. The molecule has 2 atom stereocenters. The number of carbonyl (C=O) groups is 2. The fraction of sp³-hybridized carbons (Fsp3) is 0.333. The van der Waals surface area contributed by atoms with Crippen LogP contribution >= 0.6 is 0 Å². The second-order valence-electron chi connectivity index (χ2n) is 9.92. The normalized spacial score (nSPS) is 18.5. The van der Waals surface area contributed by atoms with Gasteiger partial charge in [0, 0.05) is 31.9 Å². The molecule has 1 aliphatic carbocycles. The third-order valence-corrected chi connectivity index (χ3v) is 6.89. The zero-order valence-corrected chi connectivity index (χ0v) is 22.8. The number of allylic oxidation sites excluding steroid dienone is 3. The minimum Gasteiger partial charge on any atom is -0.397 e. The van der Waals surface area contributed by atoms with Crippen molar-refractivity contribution in [1.82, 2.24) is 10.2 Å². The van der Waals surface area contributed by atoms with Crippen molar-refractivity contribution in [1.29, 1.82) is 0 Å². The number of nitrogens with zero attached hydrogens (tertiary/aromatic N) is 1. The molecule has 224 valence electrons. The Morgan fingerprint density at radius 1 is 1.12 bits per heavy atom. The van der Waals surface area contributed by atoms with Crippen LogP contribution in [-0.2, 0) is 20.5 Å². The Labute approximate surface area is 241 Å². The maximum absolute atomic E-state index is 14.1. The summed E-state index contributed by atoms with van der Waals surface area (Å²) in [5, 5.41) is 8.48. The first-order valence-electron chi connectivity index (χ1n) is 13.5. The molecule has 0 radical (unpaired) electrons. The lowest BCUT2D eigenvalue weighted by molar-refractivity contribution is -0.140. The highest BCUT2D eigenvalue weighted by molar-refractivity contribution is 6.01. The van der Waals surface area contributed by atoms with E-state index < -0.39 is 29.5 Å². The predicted molar refractivity (Wildman–Crippen MR) is 153 cm³/mol. The number of rotatable bonds is 10. The topological polar surface area (TPSA) is 109 Å². The third-order valence-electron chi connectivity index (χ3n) is 6.89. The molecule has 42 heavy (non-hydrogen) atoms. The smallest absolute Gasteiger partial charge is 0.397 e. The number of alkyl halides is 3. The zero-order chi connectivity index (χ0) is 30.1. The number of nitrogens with one attached hydrogen (secondary N) is 3. The van der Waals surface area contributed by atoms with Crippen LogP contribution in [0.4, 0.5) is 34.6 Å². The van der Waals surface area contributed by atoms with Crippen LogP contribution in [0.1, 0.15) is 12.0 Å². The van der Waals surface area contributed by atoms with E-state index in [1.165, 1.54) is 6.08 Å². The fourth-order valence-corrected chi connectivity index (χ4v) is 4.60. The van der Waals surface area contributed by atoms with Gasteiger partial charge in [-0.2, -0.15) is 13.2 Å². The number of morpholine rings is 1. The van der Waals surface area contributed by atoms with Crippen molar-refractivity contribution in [3.63, 3.8) is 0 Å². The molecule has 0 spiro atoms. The second kappa shape index (κ2) is 14.3. The molecular formula is C30H33F4N5O3. The van der Waals surface area contributed by atoms with Gasteiger partial charge in [0.05, 0.1) is 30.2 Å². The number of para-hydroxylation sites is 2. The summed E-state index contributed by atoms with van der Waals surface area (Å²) in [5.41, 5.74) is 5.99. The summed E-state index contributed by atoms with van der Waals surface area (Å²) in [6.45, 7) is 3.91. The first-order chi connectivity index (χ1) is 20.1. The Morgan fingerprint density at radius 3 is 2.55 bits per heavy atom. The summed E-state index contributed by atoms with van der Waals surface area (Å²) >= 11 is 0. The lowest BCUT2D eigenvalue weighted by atomic mass is 9.92. The van der Waals surface area contributed by atoms with E-state index in [0.717, 1.165) is 19.2 Å². The number of nitrogen functional groups attached to an aromatic ring is 1. The first kappa shape index (κ1) is 30.9. The highest BCUT2D eigenvalue weighted by Crippen LogP contribution is 2.32. The average Bonchev–Trinajstić information content (AvgIpc) is 2.96. The van der Waals surface area contributed by atoms with E-state index in [4.69, 9.17) is 10.5 Å². The number of benzene rings is 2. The van der Waals surface area contributed by atoms with Gasteiger partial charge < -0.3 is 26.4 Å². The van der Waals surface area contributed by atoms with Gasteiger partial charge in [0.2, 0.25) is 11.8 Å². The van der Waals surface area contributed by atoms with Crippen molar-refractivity contribution in [3.05, 3.63) is 89.8 Å². The SMILES string of the molecule is Nc1ccccc1NC(=O)/C=C/C1C=CC(C(NCCN2CCOCC2)C(=O)Nc2ccc(C(F)(F)F)c(F)c2)=CC1. The van der Waals surface area contributed by atoms with Gasteiger partial charge in [-0.1, -0.05) is 36.4 Å². The molecule has 0 aromatic heterocycles. The number of carbonyl (C=O) groups excluding carboxylic acids is 2. The van der Waals surface area contributed by atoms with Crippen molar-refractivity contribution >= 4 is 28.9 Å². The Morgan fingerprint density at radius 2 is 1.88 bits per heavy atom. The number of nitrogens with two attached hydrogens (primary N) is 1. The molecule has 8 nitrogen and oxygen atoms in total. The number of hydrogen-bond acceptors (Lipinski definition) is 6. The number of anilines is 3. The molecule has 0 saturated carbocycles. The van der Waals surface area contributed by atoms with Crippen LogP contribution in [0.25, 0.3) is 0 Å². The maximum Gasteiger partial charge on any atom is 0.419 e. The Bertz CT molecular complexity index is 1350. The van der Waals surface area contributed by atoms with Crippen molar-refractivity contribution < 1.29 is 31.9 Å². The lowest BCUT2D eigenvalue weighted by Gasteiger charge is -2.28. The zero-order valence-electron chi connectivity index (χ0n) is 22.8. The summed E-state index contributed by atoms with van der Waals surface area (Å²) in [5.74, 6) is -2.45. The quantitative estimate of drug-likeness (QED) is 0.187. The Kier molecular flexibility index (Phi) is 10.5. The van der Waals surface area contributed by atoms with Crippen LogP contribution in [0.15, 0.2) is 78.4 Å². The number of ether oxygens (including phenoxy) is 1. The number of amides is 2. The molecule has 2 aliphatic rings. The van der Waals surface area contributed by atoms with E-state index in [2.05, 4.69) is 20.9 Å². The van der Waals surface area contributed by atoms with Crippen LogP contribution < -0.4 is 21.7 Å².